The van der Waals surface area contributed by atoms with Crippen LogP contribution in [0.3, 0.4) is 0 Å². The number of hydrogen-bond donors (Lipinski definition) is 1. The van der Waals surface area contributed by atoms with Crippen molar-refractivity contribution in [2.75, 3.05) is 26.8 Å². The van der Waals surface area contributed by atoms with Crippen LogP contribution in [0.15, 0.2) is 17.5 Å². The van der Waals surface area contributed by atoms with Crippen molar-refractivity contribution < 1.29 is 4.74 Å². The number of ether oxygens (including phenoxy) is 1. The van der Waals surface area contributed by atoms with E-state index in [9.17, 15) is 0 Å². The van der Waals surface area contributed by atoms with Gasteiger partial charge < -0.3 is 15.0 Å². The van der Waals surface area contributed by atoms with Crippen molar-refractivity contribution in [1.82, 2.24) is 10.2 Å². The Morgan fingerprint density at radius 3 is 3.00 bits per heavy atom. The van der Waals surface area contributed by atoms with E-state index in [1.165, 1.54) is 4.88 Å². The van der Waals surface area contributed by atoms with Crippen LogP contribution in [0.1, 0.15) is 11.8 Å². The average Bonchev–Trinajstić information content (AvgIpc) is 2.78. The summed E-state index contributed by atoms with van der Waals surface area (Å²) in [5.41, 5.74) is 0. The molecule has 1 aromatic heterocycles. The minimum Gasteiger partial charge on any atom is -0.383 e. The number of thiocarbonyl (C=S) groups is 1. The van der Waals surface area contributed by atoms with E-state index >= 15 is 0 Å². The van der Waals surface area contributed by atoms with Gasteiger partial charge in [-0.1, -0.05) is 6.07 Å². The molecule has 0 aliphatic carbocycles. The third kappa shape index (κ3) is 4.47. The Kier molecular flexibility index (Phi) is 6.37. The molecule has 3 nitrogen and oxygen atoms in total. The maximum absolute atomic E-state index is 5.32. The van der Waals surface area contributed by atoms with Crippen LogP contribution in [0.25, 0.3) is 0 Å². The van der Waals surface area contributed by atoms with Crippen molar-refractivity contribution in [3.8, 4) is 0 Å². The smallest absolute Gasteiger partial charge is 0.169 e. The molecule has 0 atom stereocenters. The van der Waals surface area contributed by atoms with Crippen LogP contribution in [0.4, 0.5) is 0 Å². The van der Waals surface area contributed by atoms with Gasteiger partial charge in [0.1, 0.15) is 0 Å². The van der Waals surface area contributed by atoms with Gasteiger partial charge in [0, 0.05) is 25.1 Å². The molecule has 0 bridgehead atoms. The van der Waals surface area contributed by atoms with Gasteiger partial charge in [-0.3, -0.25) is 0 Å². The second kappa shape index (κ2) is 7.60. The van der Waals surface area contributed by atoms with Gasteiger partial charge in [0.2, 0.25) is 0 Å². The number of hydrogen-bond acceptors (Lipinski definition) is 3. The second-order valence-electron chi connectivity index (χ2n) is 3.32. The highest BCUT2D eigenvalue weighted by molar-refractivity contribution is 7.80. The van der Waals surface area contributed by atoms with Crippen molar-refractivity contribution in [2.24, 2.45) is 0 Å². The predicted octanol–water partition coefficient (Wildman–Crippen LogP) is 2.09. The molecule has 0 unspecified atom stereocenters. The van der Waals surface area contributed by atoms with Crippen LogP contribution in [0, 0.1) is 0 Å². The first kappa shape index (κ1) is 13.4. The van der Waals surface area contributed by atoms with Crippen molar-refractivity contribution in [3.05, 3.63) is 22.4 Å². The lowest BCUT2D eigenvalue weighted by Crippen LogP contribution is -2.40. The highest BCUT2D eigenvalue weighted by Gasteiger charge is 2.07. The Hall–Kier alpha value is -0.650. The van der Waals surface area contributed by atoms with Crippen LogP contribution in [0.2, 0.25) is 0 Å². The van der Waals surface area contributed by atoms with Crippen LogP contribution >= 0.6 is 23.6 Å². The van der Waals surface area contributed by atoms with E-state index in [1.54, 1.807) is 18.4 Å². The van der Waals surface area contributed by atoms with Gasteiger partial charge in [-0.05, 0) is 30.6 Å². The zero-order valence-corrected chi connectivity index (χ0v) is 11.4. The first-order chi connectivity index (χ1) is 7.77. The van der Waals surface area contributed by atoms with E-state index in [2.05, 4.69) is 34.7 Å². The number of nitrogens with zero attached hydrogens (tertiary/aromatic N) is 1. The van der Waals surface area contributed by atoms with Gasteiger partial charge in [-0.2, -0.15) is 0 Å². The fourth-order valence-electron chi connectivity index (χ4n) is 1.29. The molecule has 0 spiro atoms. The van der Waals surface area contributed by atoms with Gasteiger partial charge in [-0.25, -0.2) is 0 Å². The summed E-state index contributed by atoms with van der Waals surface area (Å²) in [6.07, 6.45) is 0. The van der Waals surface area contributed by atoms with Crippen molar-refractivity contribution in [2.45, 2.75) is 13.5 Å². The van der Waals surface area contributed by atoms with E-state index in [0.29, 0.717) is 6.61 Å². The molecule has 1 N–H and O–H groups in total. The minimum absolute atomic E-state index is 0.677. The largest absolute Gasteiger partial charge is 0.383 e. The SMILES string of the molecule is CCN(Cc1cccs1)C(=S)NCCOC. The van der Waals surface area contributed by atoms with Crippen LogP contribution in [-0.2, 0) is 11.3 Å². The quantitative estimate of drug-likeness (QED) is 0.624. The molecule has 0 amide bonds. The minimum atomic E-state index is 0.677. The standard InChI is InChI=1S/C11H18N2OS2/c1-3-13(9-10-5-4-8-16-10)11(15)12-6-7-14-2/h4-5,8H,3,6-7,9H2,1-2H3,(H,12,15). The zero-order valence-electron chi connectivity index (χ0n) is 9.73. The molecule has 0 aliphatic heterocycles. The molecule has 0 aromatic carbocycles. The molecule has 0 saturated heterocycles. The average molecular weight is 258 g/mol. The predicted molar refractivity (Wildman–Crippen MR) is 72.9 cm³/mol. The van der Waals surface area contributed by atoms with E-state index in [1.807, 2.05) is 0 Å². The molecule has 0 saturated carbocycles. The van der Waals surface area contributed by atoms with Gasteiger partial charge in [0.05, 0.1) is 13.2 Å². The lowest BCUT2D eigenvalue weighted by Gasteiger charge is -2.23. The highest BCUT2D eigenvalue weighted by atomic mass is 32.1. The molecule has 90 valence electrons. The zero-order chi connectivity index (χ0) is 11.8. The number of nitrogens with one attached hydrogen (secondary N) is 1. The number of rotatable bonds is 6. The van der Waals surface area contributed by atoms with Crippen molar-refractivity contribution in [1.29, 1.82) is 0 Å². The second-order valence-corrected chi connectivity index (χ2v) is 4.74. The lowest BCUT2D eigenvalue weighted by atomic mass is 10.4. The molecule has 0 radical (unpaired) electrons. The van der Waals surface area contributed by atoms with Crippen LogP contribution < -0.4 is 5.32 Å². The van der Waals surface area contributed by atoms with Crippen molar-refractivity contribution >= 4 is 28.7 Å². The third-order valence-corrected chi connectivity index (χ3v) is 3.44. The highest BCUT2D eigenvalue weighted by Crippen LogP contribution is 2.11. The molecule has 1 rings (SSSR count). The Morgan fingerprint density at radius 1 is 1.62 bits per heavy atom. The Balaban J connectivity index is 2.38. The summed E-state index contributed by atoms with van der Waals surface area (Å²) in [6, 6.07) is 4.19. The van der Waals surface area contributed by atoms with Crippen LogP contribution in [0.5, 0.6) is 0 Å². The molecular weight excluding hydrogens is 240 g/mol. The monoisotopic (exact) mass is 258 g/mol. The summed E-state index contributed by atoms with van der Waals surface area (Å²) in [4.78, 5) is 3.48. The topological polar surface area (TPSA) is 24.5 Å². The molecule has 16 heavy (non-hydrogen) atoms. The lowest BCUT2D eigenvalue weighted by molar-refractivity contribution is 0.203. The number of methoxy groups -OCH3 is 1. The van der Waals surface area contributed by atoms with Gasteiger partial charge in [-0.15, -0.1) is 11.3 Å². The first-order valence-corrected chi connectivity index (χ1v) is 6.60. The van der Waals surface area contributed by atoms with Crippen LogP contribution in [-0.4, -0.2) is 36.8 Å². The Bertz CT molecular complexity index is 301. The van der Waals surface area contributed by atoms with Gasteiger partial charge in [0.15, 0.2) is 5.11 Å². The summed E-state index contributed by atoms with van der Waals surface area (Å²) in [6.45, 7) is 5.34. The van der Waals surface area contributed by atoms with E-state index in [-0.39, 0.29) is 0 Å². The molecule has 0 fully saturated rings. The normalized spacial score (nSPS) is 10.1. The summed E-state index contributed by atoms with van der Waals surface area (Å²) < 4.78 is 4.97. The van der Waals surface area contributed by atoms with Gasteiger partial charge >= 0.3 is 0 Å². The summed E-state index contributed by atoms with van der Waals surface area (Å²) >= 11 is 7.08. The van der Waals surface area contributed by atoms with Crippen molar-refractivity contribution in [3.63, 3.8) is 0 Å². The Morgan fingerprint density at radius 2 is 2.44 bits per heavy atom. The summed E-state index contributed by atoms with van der Waals surface area (Å²) in [7, 11) is 1.69. The summed E-state index contributed by atoms with van der Waals surface area (Å²) in [5, 5.41) is 6.07. The number of thiophene rings is 1. The molecule has 1 aromatic rings. The molecular formula is C11H18N2OS2. The van der Waals surface area contributed by atoms with Gasteiger partial charge in [0.25, 0.3) is 0 Å². The first-order valence-electron chi connectivity index (χ1n) is 5.32. The summed E-state index contributed by atoms with van der Waals surface area (Å²) in [5.74, 6) is 0. The maximum atomic E-state index is 5.32. The van der Waals surface area contributed by atoms with E-state index in [4.69, 9.17) is 17.0 Å². The fraction of sp³-hybridized carbons (Fsp3) is 0.545. The molecule has 5 heteroatoms. The maximum Gasteiger partial charge on any atom is 0.169 e. The Labute approximate surface area is 106 Å². The van der Waals surface area contributed by atoms with E-state index < -0.39 is 0 Å². The van der Waals surface area contributed by atoms with E-state index in [0.717, 1.165) is 24.7 Å². The molecule has 1 heterocycles. The fourth-order valence-corrected chi connectivity index (χ4v) is 2.30. The third-order valence-electron chi connectivity index (χ3n) is 2.18. The molecule has 0 aliphatic rings.